The second-order valence-electron chi connectivity index (χ2n) is 4.86. The van der Waals surface area contributed by atoms with E-state index in [1.807, 2.05) is 0 Å². The Labute approximate surface area is 141 Å². The molecule has 0 saturated carbocycles. The highest BCUT2D eigenvalue weighted by molar-refractivity contribution is 8.23. The van der Waals surface area contributed by atoms with E-state index < -0.39 is 0 Å². The van der Waals surface area contributed by atoms with E-state index in [1.165, 1.54) is 0 Å². The first-order chi connectivity index (χ1) is 9.63. The Bertz CT molecular complexity index is 331. The molecule has 0 N–H and O–H groups in total. The monoisotopic (exact) mass is 350 g/mol. The molecule has 0 aromatic carbocycles. The second-order valence-corrected chi connectivity index (χ2v) is 8.02. The van der Waals surface area contributed by atoms with Gasteiger partial charge in [-0.25, -0.2) is 0 Å². The molecule has 0 aromatic heterocycles. The van der Waals surface area contributed by atoms with Crippen LogP contribution in [0.2, 0.25) is 0 Å². The fraction of sp³-hybridized carbons (Fsp3) is 0.833. The number of thioether (sulfide) groups is 2. The summed E-state index contributed by atoms with van der Waals surface area (Å²) >= 11 is 14.5. The van der Waals surface area contributed by atoms with Gasteiger partial charge in [0.15, 0.2) is 0 Å². The third-order valence-corrected chi connectivity index (χ3v) is 6.76. The van der Waals surface area contributed by atoms with Crippen molar-refractivity contribution in [2.75, 3.05) is 51.3 Å². The highest BCUT2D eigenvalue weighted by atomic mass is 32.2. The standard InChI is InChI=1S/C12H22N4S4/c1-3-13-7-15(11(17)19-9-13)5-6-16-8-14(4-2)10-20-12(16)18/h3-10H2,1-2H3. The Balaban J connectivity index is 1.83. The summed E-state index contributed by atoms with van der Waals surface area (Å²) in [6, 6.07) is 0. The van der Waals surface area contributed by atoms with Crippen molar-refractivity contribution in [3.05, 3.63) is 0 Å². The summed E-state index contributed by atoms with van der Waals surface area (Å²) in [5.41, 5.74) is 0. The quantitative estimate of drug-likeness (QED) is 0.691. The molecule has 0 aliphatic carbocycles. The highest BCUT2D eigenvalue weighted by Crippen LogP contribution is 2.20. The predicted molar refractivity (Wildman–Crippen MR) is 98.0 cm³/mol. The van der Waals surface area contributed by atoms with Gasteiger partial charge in [0.25, 0.3) is 0 Å². The first kappa shape index (κ1) is 16.8. The largest absolute Gasteiger partial charge is 0.343 e. The van der Waals surface area contributed by atoms with Crippen LogP contribution in [0.15, 0.2) is 0 Å². The molecule has 0 radical (unpaired) electrons. The summed E-state index contributed by atoms with van der Waals surface area (Å²) in [4.78, 5) is 9.40. The Kier molecular flexibility index (Phi) is 6.83. The Morgan fingerprint density at radius 2 is 1.25 bits per heavy atom. The fourth-order valence-corrected chi connectivity index (χ4v) is 4.50. The van der Waals surface area contributed by atoms with E-state index in [9.17, 15) is 0 Å². The number of hydrogen-bond donors (Lipinski definition) is 0. The van der Waals surface area contributed by atoms with Crippen molar-refractivity contribution in [3.63, 3.8) is 0 Å². The van der Waals surface area contributed by atoms with Crippen molar-refractivity contribution in [1.29, 1.82) is 0 Å². The van der Waals surface area contributed by atoms with Gasteiger partial charge in [-0.3, -0.25) is 9.80 Å². The normalized spacial score (nSPS) is 22.7. The molecular weight excluding hydrogens is 328 g/mol. The van der Waals surface area contributed by atoms with E-state index in [-0.39, 0.29) is 0 Å². The molecule has 8 heteroatoms. The lowest BCUT2D eigenvalue weighted by Crippen LogP contribution is -2.50. The maximum Gasteiger partial charge on any atom is 0.138 e. The summed E-state index contributed by atoms with van der Waals surface area (Å²) in [6.45, 7) is 10.4. The minimum atomic E-state index is 0.952. The van der Waals surface area contributed by atoms with E-state index in [0.717, 1.165) is 59.9 Å². The summed E-state index contributed by atoms with van der Waals surface area (Å²) in [5, 5.41) is 0. The summed E-state index contributed by atoms with van der Waals surface area (Å²) in [5.74, 6) is 2.04. The van der Waals surface area contributed by atoms with Gasteiger partial charge in [-0.05, 0) is 13.1 Å². The predicted octanol–water partition coefficient (Wildman–Crippen LogP) is 2.13. The molecule has 0 amide bonds. The van der Waals surface area contributed by atoms with Crippen molar-refractivity contribution in [2.24, 2.45) is 0 Å². The van der Waals surface area contributed by atoms with Gasteiger partial charge in [0.1, 0.15) is 8.64 Å². The van der Waals surface area contributed by atoms with Crippen LogP contribution in [-0.4, -0.2) is 79.5 Å². The number of hydrogen-bond acceptors (Lipinski definition) is 6. The molecule has 114 valence electrons. The topological polar surface area (TPSA) is 13.0 Å². The van der Waals surface area contributed by atoms with E-state index in [2.05, 4.69) is 33.4 Å². The number of rotatable bonds is 5. The minimum absolute atomic E-state index is 0.952. The molecule has 20 heavy (non-hydrogen) atoms. The molecule has 2 heterocycles. The third kappa shape index (κ3) is 4.45. The van der Waals surface area contributed by atoms with Crippen LogP contribution in [-0.2, 0) is 0 Å². The maximum absolute atomic E-state index is 5.47. The molecule has 0 spiro atoms. The van der Waals surface area contributed by atoms with Gasteiger partial charge in [0.05, 0.1) is 25.1 Å². The Morgan fingerprint density at radius 3 is 1.60 bits per heavy atom. The van der Waals surface area contributed by atoms with E-state index in [4.69, 9.17) is 24.4 Å². The Hall–Kier alpha value is 0.400. The van der Waals surface area contributed by atoms with Gasteiger partial charge in [-0.15, -0.1) is 0 Å². The summed E-state index contributed by atoms with van der Waals surface area (Å²) in [6.07, 6.45) is 0. The lowest BCUT2D eigenvalue weighted by molar-refractivity contribution is 0.184. The molecule has 2 rings (SSSR count). The van der Waals surface area contributed by atoms with Crippen LogP contribution in [0.25, 0.3) is 0 Å². The molecule has 0 bridgehead atoms. The maximum atomic E-state index is 5.47. The highest BCUT2D eigenvalue weighted by Gasteiger charge is 2.24. The van der Waals surface area contributed by atoms with Gasteiger partial charge >= 0.3 is 0 Å². The molecule has 0 aromatic rings. The average molecular weight is 351 g/mol. The van der Waals surface area contributed by atoms with Gasteiger partial charge in [-0.2, -0.15) is 0 Å². The van der Waals surface area contributed by atoms with Crippen molar-refractivity contribution in [3.8, 4) is 0 Å². The Morgan fingerprint density at radius 1 is 0.850 bits per heavy atom. The molecule has 0 unspecified atom stereocenters. The van der Waals surface area contributed by atoms with E-state index >= 15 is 0 Å². The van der Waals surface area contributed by atoms with Crippen LogP contribution in [0.5, 0.6) is 0 Å². The number of nitrogens with zero attached hydrogens (tertiary/aromatic N) is 4. The van der Waals surface area contributed by atoms with Crippen LogP contribution in [0, 0.1) is 0 Å². The van der Waals surface area contributed by atoms with Crippen LogP contribution >= 0.6 is 48.0 Å². The summed E-state index contributed by atoms with van der Waals surface area (Å²) in [7, 11) is 0. The van der Waals surface area contributed by atoms with Gasteiger partial charge in [0.2, 0.25) is 0 Å². The van der Waals surface area contributed by atoms with Crippen molar-refractivity contribution >= 4 is 56.6 Å². The first-order valence-corrected chi connectivity index (χ1v) is 9.71. The third-order valence-electron chi connectivity index (χ3n) is 3.53. The molecule has 0 atom stereocenters. The van der Waals surface area contributed by atoms with Crippen molar-refractivity contribution in [2.45, 2.75) is 13.8 Å². The molecule has 2 fully saturated rings. The van der Waals surface area contributed by atoms with Gasteiger partial charge in [0, 0.05) is 13.1 Å². The molecule has 2 saturated heterocycles. The zero-order valence-corrected chi connectivity index (χ0v) is 15.3. The lowest BCUT2D eigenvalue weighted by Gasteiger charge is -2.40. The molecular formula is C12H22N4S4. The van der Waals surface area contributed by atoms with Gasteiger partial charge < -0.3 is 9.80 Å². The first-order valence-electron chi connectivity index (χ1n) is 6.92. The van der Waals surface area contributed by atoms with Gasteiger partial charge in [-0.1, -0.05) is 61.8 Å². The van der Waals surface area contributed by atoms with Crippen molar-refractivity contribution < 1.29 is 0 Å². The minimum Gasteiger partial charge on any atom is -0.343 e. The zero-order chi connectivity index (χ0) is 14.5. The smallest absolute Gasteiger partial charge is 0.138 e. The van der Waals surface area contributed by atoms with E-state index in [0.29, 0.717) is 0 Å². The number of thiocarbonyl (C=S) groups is 2. The van der Waals surface area contributed by atoms with Crippen LogP contribution in [0.1, 0.15) is 13.8 Å². The second kappa shape index (κ2) is 8.14. The van der Waals surface area contributed by atoms with Crippen LogP contribution < -0.4 is 0 Å². The molecule has 2 aliphatic heterocycles. The molecule has 4 nitrogen and oxygen atoms in total. The lowest BCUT2D eigenvalue weighted by atomic mass is 10.5. The zero-order valence-electron chi connectivity index (χ0n) is 12.1. The average Bonchev–Trinajstić information content (AvgIpc) is 2.48. The van der Waals surface area contributed by atoms with Crippen LogP contribution in [0.3, 0.4) is 0 Å². The summed E-state index contributed by atoms with van der Waals surface area (Å²) < 4.78 is 2.05. The SMILES string of the molecule is CCN1CSC(=S)N(CCN2CN(CC)CSC2=S)C1. The fourth-order valence-electron chi connectivity index (χ4n) is 2.10. The van der Waals surface area contributed by atoms with E-state index in [1.54, 1.807) is 23.5 Å². The van der Waals surface area contributed by atoms with Crippen LogP contribution in [0.4, 0.5) is 0 Å². The molecule has 2 aliphatic rings. The van der Waals surface area contributed by atoms with Crippen molar-refractivity contribution in [1.82, 2.24) is 19.6 Å².